The molecule has 0 N–H and O–H groups in total. The van der Waals surface area contributed by atoms with Gasteiger partial charge in [0.2, 0.25) is 0 Å². The molecule has 0 bridgehead atoms. The first-order chi connectivity index (χ1) is 12.2. The average Bonchev–Trinajstić information content (AvgIpc) is 2.78. The van der Waals surface area contributed by atoms with Crippen molar-refractivity contribution in [2.45, 2.75) is 85.0 Å². The molecule has 0 radical (unpaired) electrons. The summed E-state index contributed by atoms with van der Waals surface area (Å²) in [6.07, 6.45) is 2.67. The maximum Gasteiger partial charge on any atom is 0.341 e. The Morgan fingerprint density at radius 2 is 1.78 bits per heavy atom. The third kappa shape index (κ3) is 2.88. The van der Waals surface area contributed by atoms with Crippen LogP contribution in [0.3, 0.4) is 0 Å². The van der Waals surface area contributed by atoms with E-state index >= 15 is 0 Å². The molecule has 0 unspecified atom stereocenters. The summed E-state index contributed by atoms with van der Waals surface area (Å²) in [6.45, 7) is 18.1. The minimum absolute atomic E-state index is 0.00608. The lowest BCUT2D eigenvalue weighted by atomic mass is 9.50. The Morgan fingerprint density at radius 1 is 1.19 bits per heavy atom. The molecule has 3 aliphatic rings. The van der Waals surface area contributed by atoms with Crippen molar-refractivity contribution >= 4 is 20.1 Å². The Labute approximate surface area is 165 Å². The fourth-order valence-corrected chi connectivity index (χ4v) is 6.80. The molecule has 0 heterocycles. The van der Waals surface area contributed by atoms with Crippen molar-refractivity contribution in [2.24, 2.45) is 22.7 Å². The molecule has 0 saturated heterocycles. The van der Waals surface area contributed by atoms with Crippen molar-refractivity contribution < 1.29 is 18.8 Å². The second kappa shape index (κ2) is 6.03. The molecular weight excluding hydrogens is 356 g/mol. The Kier molecular flexibility index (Phi) is 4.64. The highest BCUT2D eigenvalue weighted by Crippen LogP contribution is 2.66. The monoisotopic (exact) mass is 392 g/mol. The number of ketones is 1. The van der Waals surface area contributed by atoms with E-state index in [0.717, 1.165) is 24.8 Å². The highest BCUT2D eigenvalue weighted by molar-refractivity contribution is 6.74. The van der Waals surface area contributed by atoms with Gasteiger partial charge in [0.15, 0.2) is 14.1 Å². The summed E-state index contributed by atoms with van der Waals surface area (Å²) in [5.74, 6) is -0.441. The number of Topliss-reactive ketones (excluding diaryl/α,β-unsaturated/α-hetero) is 1. The third-order valence-corrected chi connectivity index (χ3v) is 12.6. The van der Waals surface area contributed by atoms with E-state index in [0.29, 0.717) is 5.57 Å². The van der Waals surface area contributed by atoms with E-state index in [9.17, 15) is 9.59 Å². The van der Waals surface area contributed by atoms with Gasteiger partial charge in [-0.05, 0) is 53.8 Å². The highest BCUT2D eigenvalue weighted by Gasteiger charge is 2.65. The average molecular weight is 393 g/mol. The number of hydrogen-bond donors (Lipinski definition) is 0. The molecule has 5 heteroatoms. The standard InChI is InChI=1S/C22H36O4Si/c1-20(2,3)27(8,9)26-18-16-13(12-21(18,4)5)17(23)15(19(24)25-7)14-10-11-22(14,16)6/h13,16,18H,10-12H2,1-9H3/t13-,16-,18+,22+/m1/s1. The summed E-state index contributed by atoms with van der Waals surface area (Å²) in [6, 6.07) is 0. The molecule has 0 spiro atoms. The molecular formula is C22H36O4Si. The van der Waals surface area contributed by atoms with Gasteiger partial charge in [0, 0.05) is 11.8 Å². The van der Waals surface area contributed by atoms with Crippen molar-refractivity contribution in [2.75, 3.05) is 7.11 Å². The number of allylic oxidation sites excluding steroid dienone is 1. The van der Waals surface area contributed by atoms with Gasteiger partial charge < -0.3 is 9.16 Å². The van der Waals surface area contributed by atoms with Crippen LogP contribution in [0.2, 0.25) is 18.1 Å². The minimum Gasteiger partial charge on any atom is -0.465 e. The second-order valence-electron chi connectivity index (χ2n) is 11.3. The number of esters is 1. The van der Waals surface area contributed by atoms with E-state index in [1.807, 2.05) is 0 Å². The van der Waals surface area contributed by atoms with Crippen LogP contribution in [0.4, 0.5) is 0 Å². The summed E-state index contributed by atoms with van der Waals surface area (Å²) in [7, 11) is -0.614. The molecule has 0 aliphatic heterocycles. The number of rotatable bonds is 3. The molecule has 152 valence electrons. The van der Waals surface area contributed by atoms with Gasteiger partial charge in [-0.25, -0.2) is 4.79 Å². The first-order valence-electron chi connectivity index (χ1n) is 10.2. The van der Waals surface area contributed by atoms with Crippen LogP contribution in [0.15, 0.2) is 11.1 Å². The summed E-state index contributed by atoms with van der Waals surface area (Å²) in [5, 5.41) is 0.121. The van der Waals surface area contributed by atoms with Crippen LogP contribution < -0.4 is 0 Å². The lowest BCUT2D eigenvalue weighted by Crippen LogP contribution is -2.55. The maximum absolute atomic E-state index is 13.3. The molecule has 0 aromatic heterocycles. The molecule has 0 amide bonds. The van der Waals surface area contributed by atoms with E-state index in [-0.39, 0.29) is 39.6 Å². The normalized spacial score (nSPS) is 35.4. The van der Waals surface area contributed by atoms with E-state index < -0.39 is 14.3 Å². The number of methoxy groups -OCH3 is 1. The van der Waals surface area contributed by atoms with Gasteiger partial charge >= 0.3 is 5.97 Å². The van der Waals surface area contributed by atoms with Crippen molar-refractivity contribution in [1.29, 1.82) is 0 Å². The fraction of sp³-hybridized carbons (Fsp3) is 0.818. The van der Waals surface area contributed by atoms with Crippen LogP contribution in [0, 0.1) is 22.7 Å². The quantitative estimate of drug-likeness (QED) is 0.390. The molecule has 2 fully saturated rings. The largest absolute Gasteiger partial charge is 0.465 e. The van der Waals surface area contributed by atoms with Gasteiger partial charge in [0.05, 0.1) is 13.2 Å². The first-order valence-corrected chi connectivity index (χ1v) is 13.1. The maximum atomic E-state index is 13.3. The van der Waals surface area contributed by atoms with Gasteiger partial charge in [0.1, 0.15) is 5.57 Å². The Morgan fingerprint density at radius 3 is 2.22 bits per heavy atom. The first kappa shape index (κ1) is 20.8. The van der Waals surface area contributed by atoms with Gasteiger partial charge in [-0.2, -0.15) is 0 Å². The molecule has 0 aromatic carbocycles. The number of fused-ring (bicyclic) bond motifs is 3. The summed E-state index contributed by atoms with van der Waals surface area (Å²) in [4.78, 5) is 25.7. The van der Waals surface area contributed by atoms with Crippen molar-refractivity contribution in [3.63, 3.8) is 0 Å². The zero-order valence-electron chi connectivity index (χ0n) is 18.5. The lowest BCUT2D eigenvalue weighted by Gasteiger charge is -2.55. The molecule has 4 nitrogen and oxygen atoms in total. The van der Waals surface area contributed by atoms with E-state index in [2.05, 4.69) is 54.6 Å². The molecule has 4 atom stereocenters. The number of hydrogen-bond acceptors (Lipinski definition) is 4. The third-order valence-electron chi connectivity index (χ3n) is 8.10. The smallest absolute Gasteiger partial charge is 0.341 e. The van der Waals surface area contributed by atoms with Crippen LogP contribution in [-0.4, -0.2) is 33.3 Å². The number of ether oxygens (including phenoxy) is 1. The number of carbonyl (C=O) groups excluding carboxylic acids is 2. The Bertz CT molecular complexity index is 712. The van der Waals surface area contributed by atoms with Crippen molar-refractivity contribution in [1.82, 2.24) is 0 Å². The van der Waals surface area contributed by atoms with Crippen LogP contribution >= 0.6 is 0 Å². The van der Waals surface area contributed by atoms with Crippen LogP contribution in [0.5, 0.6) is 0 Å². The summed E-state index contributed by atoms with van der Waals surface area (Å²) in [5.41, 5.74) is 1.15. The lowest BCUT2D eigenvalue weighted by molar-refractivity contribution is -0.141. The zero-order valence-corrected chi connectivity index (χ0v) is 19.5. The van der Waals surface area contributed by atoms with Crippen molar-refractivity contribution in [3.8, 4) is 0 Å². The molecule has 3 rings (SSSR count). The van der Waals surface area contributed by atoms with E-state index in [1.54, 1.807) is 0 Å². The van der Waals surface area contributed by atoms with Gasteiger partial charge in [-0.1, -0.05) is 41.5 Å². The fourth-order valence-electron chi connectivity index (χ4n) is 5.35. The van der Waals surface area contributed by atoms with Crippen molar-refractivity contribution in [3.05, 3.63) is 11.1 Å². The van der Waals surface area contributed by atoms with Gasteiger partial charge in [-0.15, -0.1) is 0 Å². The molecule has 3 aliphatic carbocycles. The summed E-state index contributed by atoms with van der Waals surface area (Å²) >= 11 is 0. The van der Waals surface area contributed by atoms with Gasteiger partial charge in [-0.3, -0.25) is 4.79 Å². The molecule has 2 saturated carbocycles. The predicted molar refractivity (Wildman–Crippen MR) is 109 cm³/mol. The Hall–Kier alpha value is -0.943. The highest BCUT2D eigenvalue weighted by atomic mass is 28.4. The minimum atomic E-state index is -1.98. The van der Waals surface area contributed by atoms with E-state index in [1.165, 1.54) is 7.11 Å². The van der Waals surface area contributed by atoms with Crippen LogP contribution in [-0.2, 0) is 18.8 Å². The Balaban J connectivity index is 2.06. The molecule has 27 heavy (non-hydrogen) atoms. The zero-order chi connectivity index (χ0) is 20.6. The number of carbonyl (C=O) groups is 2. The second-order valence-corrected chi connectivity index (χ2v) is 16.0. The SMILES string of the molecule is COC(=O)C1=C2CC[C@]2(C)[C@@H]2[C@@H](CC(C)(C)[C@H]2O[Si](C)(C)C(C)(C)C)C1=O. The van der Waals surface area contributed by atoms with Crippen LogP contribution in [0.1, 0.15) is 60.8 Å². The van der Waals surface area contributed by atoms with E-state index in [4.69, 9.17) is 9.16 Å². The predicted octanol–water partition coefficient (Wildman–Crippen LogP) is 4.89. The topological polar surface area (TPSA) is 52.6 Å². The van der Waals surface area contributed by atoms with Crippen LogP contribution in [0.25, 0.3) is 0 Å². The van der Waals surface area contributed by atoms with Gasteiger partial charge in [0.25, 0.3) is 0 Å². The summed E-state index contributed by atoms with van der Waals surface area (Å²) < 4.78 is 12.0. The molecule has 0 aromatic rings.